The van der Waals surface area contributed by atoms with E-state index in [9.17, 15) is 5.11 Å². The Hall–Kier alpha value is -0.560. The fourth-order valence-electron chi connectivity index (χ4n) is 8.03. The highest BCUT2D eigenvalue weighted by Gasteiger charge is 2.57. The maximum Gasteiger partial charge on any atom is 0.0577 e. The van der Waals surface area contributed by atoms with Gasteiger partial charge in [-0.25, -0.2) is 0 Å². The summed E-state index contributed by atoms with van der Waals surface area (Å²) in [5.74, 6) is 5.72. The number of allylic oxidation sites excluding steroid dienone is 3. The lowest BCUT2D eigenvalue weighted by Crippen LogP contribution is -2.48. The smallest absolute Gasteiger partial charge is 0.0577 e. The first-order valence-corrected chi connectivity index (χ1v) is 12.7. The van der Waals surface area contributed by atoms with E-state index in [1.807, 2.05) is 0 Å². The number of aliphatic hydroxyl groups is 1. The Labute approximate surface area is 180 Å². The standard InChI is InChI=1S/C28H46O/c1-18(2)19(3)7-8-20(4)24-11-12-25-23-10-9-21-17-22(29)13-15-27(21,5)26(23)14-16-28(24,25)6/h9,14,16,18-20,22-26,29H,7-8,10-13,15,17H2,1-6H3/t19?,20-,22+,23+,24-,25+,26+,27+,28-/m1/s1. The van der Waals surface area contributed by atoms with Crippen molar-refractivity contribution in [2.45, 2.75) is 99.0 Å². The molecule has 0 radical (unpaired) electrons. The lowest BCUT2D eigenvalue weighted by atomic mass is 9.49. The molecule has 0 aromatic rings. The van der Waals surface area contributed by atoms with Gasteiger partial charge in [-0.1, -0.05) is 78.2 Å². The van der Waals surface area contributed by atoms with E-state index < -0.39 is 0 Å². The highest BCUT2D eigenvalue weighted by atomic mass is 16.3. The zero-order valence-corrected chi connectivity index (χ0v) is 20.0. The van der Waals surface area contributed by atoms with Crippen molar-refractivity contribution in [3.8, 4) is 0 Å². The molecule has 4 aliphatic rings. The van der Waals surface area contributed by atoms with Crippen LogP contribution in [0.5, 0.6) is 0 Å². The van der Waals surface area contributed by atoms with Gasteiger partial charge in [-0.15, -0.1) is 0 Å². The second-order valence-electron chi connectivity index (χ2n) is 12.3. The molecule has 1 heteroatoms. The van der Waals surface area contributed by atoms with E-state index in [0.717, 1.165) is 48.3 Å². The zero-order chi connectivity index (χ0) is 21.0. The van der Waals surface area contributed by atoms with E-state index in [0.29, 0.717) is 16.7 Å². The molecule has 1 unspecified atom stereocenters. The molecule has 0 aliphatic heterocycles. The summed E-state index contributed by atoms with van der Waals surface area (Å²) in [5, 5.41) is 10.2. The number of rotatable bonds is 5. The highest BCUT2D eigenvalue weighted by molar-refractivity contribution is 5.30. The highest BCUT2D eigenvalue weighted by Crippen LogP contribution is 2.64. The summed E-state index contributed by atoms with van der Waals surface area (Å²) in [5.41, 5.74) is 2.27. The molecule has 1 N–H and O–H groups in total. The SMILES string of the molecule is CC(C)C(C)CC[C@@H](C)[C@H]1CC[C@H]2[C@@H]3CC=C4C[C@@H](O)CC[C@]4(C)[C@H]3C=C[C@]12C. The van der Waals surface area contributed by atoms with E-state index in [2.05, 4.69) is 59.8 Å². The van der Waals surface area contributed by atoms with Crippen molar-refractivity contribution in [1.82, 2.24) is 0 Å². The maximum absolute atomic E-state index is 10.2. The minimum absolute atomic E-state index is 0.103. The second kappa shape index (κ2) is 7.85. The number of hydrogen-bond acceptors (Lipinski definition) is 1. The topological polar surface area (TPSA) is 20.2 Å². The first-order valence-electron chi connectivity index (χ1n) is 12.7. The van der Waals surface area contributed by atoms with Crippen molar-refractivity contribution < 1.29 is 5.11 Å². The molecule has 0 aromatic carbocycles. The van der Waals surface area contributed by atoms with Crippen molar-refractivity contribution in [3.63, 3.8) is 0 Å². The van der Waals surface area contributed by atoms with E-state index in [1.54, 1.807) is 5.57 Å². The second-order valence-corrected chi connectivity index (χ2v) is 12.3. The van der Waals surface area contributed by atoms with Crippen LogP contribution in [0.1, 0.15) is 92.9 Å². The van der Waals surface area contributed by atoms with E-state index >= 15 is 0 Å². The van der Waals surface area contributed by atoms with Crippen LogP contribution in [0.3, 0.4) is 0 Å². The van der Waals surface area contributed by atoms with Gasteiger partial charge in [-0.05, 0) is 90.8 Å². The first kappa shape index (κ1) is 21.7. The zero-order valence-electron chi connectivity index (χ0n) is 20.0. The van der Waals surface area contributed by atoms with Gasteiger partial charge >= 0.3 is 0 Å². The third kappa shape index (κ3) is 3.58. The van der Waals surface area contributed by atoms with Gasteiger partial charge in [0.2, 0.25) is 0 Å². The minimum Gasteiger partial charge on any atom is -0.393 e. The number of aliphatic hydroxyl groups excluding tert-OH is 1. The summed E-state index contributed by atoms with van der Waals surface area (Å²) in [6.45, 7) is 14.9. The predicted octanol–water partition coefficient (Wildman–Crippen LogP) is 7.41. The molecule has 2 saturated carbocycles. The van der Waals surface area contributed by atoms with E-state index in [-0.39, 0.29) is 6.10 Å². The number of fused-ring (bicyclic) bond motifs is 5. The molecule has 2 fully saturated rings. The quantitative estimate of drug-likeness (QED) is 0.478. The van der Waals surface area contributed by atoms with Gasteiger partial charge in [0.15, 0.2) is 0 Å². The third-order valence-electron chi connectivity index (χ3n) is 10.5. The molecule has 0 heterocycles. The predicted molar refractivity (Wildman–Crippen MR) is 124 cm³/mol. The van der Waals surface area contributed by atoms with Gasteiger partial charge in [-0.3, -0.25) is 0 Å². The largest absolute Gasteiger partial charge is 0.393 e. The summed E-state index contributed by atoms with van der Waals surface area (Å²) in [7, 11) is 0. The van der Waals surface area contributed by atoms with Gasteiger partial charge < -0.3 is 5.11 Å². The summed E-state index contributed by atoms with van der Waals surface area (Å²) >= 11 is 0. The van der Waals surface area contributed by atoms with Crippen LogP contribution in [0.4, 0.5) is 0 Å². The van der Waals surface area contributed by atoms with Gasteiger partial charge in [0.1, 0.15) is 0 Å². The Kier molecular flexibility index (Phi) is 5.86. The summed E-state index contributed by atoms with van der Waals surface area (Å²) in [6, 6.07) is 0. The summed E-state index contributed by atoms with van der Waals surface area (Å²) < 4.78 is 0. The van der Waals surface area contributed by atoms with Crippen molar-refractivity contribution in [3.05, 3.63) is 23.8 Å². The molecule has 1 nitrogen and oxygen atoms in total. The molecule has 9 atom stereocenters. The Morgan fingerprint density at radius 2 is 1.83 bits per heavy atom. The molecule has 4 rings (SSSR count). The normalized spacial score (nSPS) is 45.9. The molecule has 0 bridgehead atoms. The van der Waals surface area contributed by atoms with Crippen LogP contribution in [-0.2, 0) is 0 Å². The molecule has 4 aliphatic carbocycles. The molecule has 0 spiro atoms. The molecule has 0 aromatic heterocycles. The minimum atomic E-state index is -0.103. The van der Waals surface area contributed by atoms with Crippen LogP contribution in [0.15, 0.2) is 23.8 Å². The Morgan fingerprint density at radius 3 is 2.55 bits per heavy atom. The molecule has 29 heavy (non-hydrogen) atoms. The maximum atomic E-state index is 10.2. The summed E-state index contributed by atoms with van der Waals surface area (Å²) in [4.78, 5) is 0. The van der Waals surface area contributed by atoms with E-state index in [4.69, 9.17) is 0 Å². The van der Waals surface area contributed by atoms with Crippen molar-refractivity contribution in [2.75, 3.05) is 0 Å². The van der Waals surface area contributed by atoms with E-state index in [1.165, 1.54) is 38.5 Å². The van der Waals surface area contributed by atoms with Crippen LogP contribution in [0.25, 0.3) is 0 Å². The van der Waals surface area contributed by atoms with Gasteiger partial charge in [0.05, 0.1) is 6.10 Å². The summed E-state index contributed by atoms with van der Waals surface area (Å²) in [6.07, 6.45) is 17.8. The lowest BCUT2D eigenvalue weighted by molar-refractivity contribution is 0.0180. The Morgan fingerprint density at radius 1 is 1.07 bits per heavy atom. The average molecular weight is 399 g/mol. The Balaban J connectivity index is 1.52. The third-order valence-corrected chi connectivity index (χ3v) is 10.5. The number of hydrogen-bond donors (Lipinski definition) is 1. The molecule has 0 amide bonds. The molecular weight excluding hydrogens is 352 g/mol. The lowest BCUT2D eigenvalue weighted by Gasteiger charge is -2.55. The van der Waals surface area contributed by atoms with Gasteiger partial charge in [0.25, 0.3) is 0 Å². The van der Waals surface area contributed by atoms with Gasteiger partial charge in [-0.2, -0.15) is 0 Å². The average Bonchev–Trinajstić information content (AvgIpc) is 3.03. The van der Waals surface area contributed by atoms with Gasteiger partial charge in [0, 0.05) is 0 Å². The van der Waals surface area contributed by atoms with Crippen LogP contribution >= 0.6 is 0 Å². The molecule has 164 valence electrons. The fraction of sp³-hybridized carbons (Fsp3) is 0.857. The first-order chi connectivity index (χ1) is 13.7. The molecular formula is C28H46O. The fourth-order valence-corrected chi connectivity index (χ4v) is 8.03. The van der Waals surface area contributed by atoms with Crippen LogP contribution in [0.2, 0.25) is 0 Å². The van der Waals surface area contributed by atoms with Crippen LogP contribution in [-0.4, -0.2) is 11.2 Å². The monoisotopic (exact) mass is 398 g/mol. The van der Waals surface area contributed by atoms with Crippen molar-refractivity contribution in [1.29, 1.82) is 0 Å². The van der Waals surface area contributed by atoms with Crippen LogP contribution < -0.4 is 0 Å². The van der Waals surface area contributed by atoms with Crippen molar-refractivity contribution in [2.24, 2.45) is 52.3 Å². The van der Waals surface area contributed by atoms with Crippen LogP contribution in [0, 0.1) is 52.3 Å². The Bertz CT molecular complexity index is 659. The van der Waals surface area contributed by atoms with Crippen molar-refractivity contribution >= 4 is 0 Å². The molecule has 0 saturated heterocycles.